The highest BCUT2D eigenvalue weighted by Crippen LogP contribution is 2.21. The van der Waals surface area contributed by atoms with E-state index in [1.54, 1.807) is 41.9 Å². The van der Waals surface area contributed by atoms with Gasteiger partial charge >= 0.3 is 0 Å². The zero-order valence-corrected chi connectivity index (χ0v) is 15.8. The number of hydrogen-bond donors (Lipinski definition) is 1. The van der Waals surface area contributed by atoms with Crippen LogP contribution in [0.3, 0.4) is 0 Å². The third-order valence-electron chi connectivity index (χ3n) is 3.93. The first-order valence-electron chi connectivity index (χ1n) is 8.67. The van der Waals surface area contributed by atoms with E-state index in [1.165, 1.54) is 18.2 Å². The third-order valence-corrected chi connectivity index (χ3v) is 4.83. The first kappa shape index (κ1) is 19.4. The predicted octanol–water partition coefficient (Wildman–Crippen LogP) is 3.88. The minimum Gasteiger partial charge on any atom is -0.353 e. The van der Waals surface area contributed by atoms with Crippen molar-refractivity contribution in [1.29, 1.82) is 0 Å². The Morgan fingerprint density at radius 3 is 2.64 bits per heavy atom. The highest BCUT2D eigenvalue weighted by molar-refractivity contribution is 7.09. The fourth-order valence-corrected chi connectivity index (χ4v) is 3.32. The Hall–Kier alpha value is -3.39. The van der Waals surface area contributed by atoms with Crippen LogP contribution >= 0.6 is 11.3 Å². The number of carbonyl (C=O) groups excluding carboxylic acids is 1. The molecule has 0 atom stereocenters. The molecule has 3 rings (SSSR count). The molecule has 142 valence electrons. The molecule has 2 heterocycles. The van der Waals surface area contributed by atoms with Gasteiger partial charge in [0.25, 0.3) is 5.69 Å². The molecular weight excluding hydrogens is 376 g/mol. The number of non-ortho nitro benzene ring substituents is 1. The number of benzene rings is 1. The summed E-state index contributed by atoms with van der Waals surface area (Å²) in [5.74, 6) is -0.199. The Labute approximate surface area is 165 Å². The summed E-state index contributed by atoms with van der Waals surface area (Å²) in [7, 11) is 0. The van der Waals surface area contributed by atoms with E-state index >= 15 is 0 Å². The fraction of sp³-hybridized carbons (Fsp3) is 0.150. The minimum absolute atomic E-state index is 0.0240. The molecule has 28 heavy (non-hydrogen) atoms. The number of pyridine rings is 1. The Balaban J connectivity index is 1.41. The van der Waals surface area contributed by atoms with Crippen LogP contribution in [0.15, 0.2) is 60.2 Å². The van der Waals surface area contributed by atoms with Crippen LogP contribution in [0.5, 0.6) is 0 Å². The normalized spacial score (nSPS) is 10.9. The average molecular weight is 394 g/mol. The van der Waals surface area contributed by atoms with Crippen molar-refractivity contribution in [2.75, 3.05) is 6.54 Å². The Morgan fingerprint density at radius 1 is 1.18 bits per heavy atom. The number of hydrogen-bond acceptors (Lipinski definition) is 6. The summed E-state index contributed by atoms with van der Waals surface area (Å²) >= 11 is 1.61. The van der Waals surface area contributed by atoms with Crippen molar-refractivity contribution in [2.45, 2.75) is 12.8 Å². The quantitative estimate of drug-likeness (QED) is 0.271. The van der Waals surface area contributed by atoms with E-state index in [0.717, 1.165) is 34.7 Å². The first-order valence-corrected chi connectivity index (χ1v) is 9.55. The lowest BCUT2D eigenvalue weighted by atomic mass is 10.2. The molecule has 0 radical (unpaired) electrons. The molecule has 0 fully saturated rings. The van der Waals surface area contributed by atoms with Crippen molar-refractivity contribution in [3.63, 3.8) is 0 Å². The molecule has 0 aliphatic heterocycles. The molecule has 0 saturated carbocycles. The molecule has 1 N–H and O–H groups in total. The van der Waals surface area contributed by atoms with Crippen LogP contribution in [-0.2, 0) is 11.2 Å². The van der Waals surface area contributed by atoms with Crippen molar-refractivity contribution in [3.05, 3.63) is 80.9 Å². The molecule has 7 nitrogen and oxygen atoms in total. The first-order chi connectivity index (χ1) is 13.6. The number of aryl methyl sites for hydroxylation is 1. The standard InChI is InChI=1S/C20H18N4O3S/c25-19(8-5-15-3-6-17(7-4-15)24(26)27)22-11-1-2-20-23-18(14-28-20)16-9-12-21-13-10-16/h3-10,12-14H,1-2,11H2,(H,22,25). The van der Waals surface area contributed by atoms with Gasteiger partial charge in [-0.3, -0.25) is 19.9 Å². The molecule has 0 unspecified atom stereocenters. The van der Waals surface area contributed by atoms with Crippen LogP contribution < -0.4 is 5.32 Å². The summed E-state index contributed by atoms with van der Waals surface area (Å²) < 4.78 is 0. The van der Waals surface area contributed by atoms with E-state index in [2.05, 4.69) is 15.3 Å². The molecule has 2 aromatic heterocycles. The second kappa shape index (κ2) is 9.52. The van der Waals surface area contributed by atoms with Crippen molar-refractivity contribution >= 4 is 29.0 Å². The molecule has 1 amide bonds. The number of nitro benzene ring substituents is 1. The second-order valence-electron chi connectivity index (χ2n) is 5.94. The number of aromatic nitrogens is 2. The van der Waals surface area contributed by atoms with Gasteiger partial charge in [-0.25, -0.2) is 4.98 Å². The van der Waals surface area contributed by atoms with Crippen molar-refractivity contribution < 1.29 is 9.72 Å². The lowest BCUT2D eigenvalue weighted by Gasteiger charge is -2.01. The number of nitrogens with zero attached hydrogens (tertiary/aromatic N) is 3. The third kappa shape index (κ3) is 5.55. The summed E-state index contributed by atoms with van der Waals surface area (Å²) in [5.41, 5.74) is 2.74. The van der Waals surface area contributed by atoms with Gasteiger partial charge in [-0.05, 0) is 42.3 Å². The van der Waals surface area contributed by atoms with Crippen molar-refractivity contribution in [3.8, 4) is 11.3 Å². The molecule has 0 spiro atoms. The Bertz CT molecular complexity index is 969. The fourth-order valence-electron chi connectivity index (χ4n) is 2.47. The summed E-state index contributed by atoms with van der Waals surface area (Å²) in [6.07, 6.45) is 8.12. The van der Waals surface area contributed by atoms with Crippen molar-refractivity contribution in [2.24, 2.45) is 0 Å². The SMILES string of the molecule is O=C(C=Cc1ccc([N+](=O)[O-])cc1)NCCCc1nc(-c2ccncc2)cs1. The van der Waals surface area contributed by atoms with E-state index in [4.69, 9.17) is 0 Å². The number of nitrogens with one attached hydrogen (secondary N) is 1. The van der Waals surface area contributed by atoms with Gasteiger partial charge in [0, 0.05) is 54.5 Å². The topological polar surface area (TPSA) is 98.0 Å². The highest BCUT2D eigenvalue weighted by Gasteiger charge is 2.05. The molecule has 1 aromatic carbocycles. The van der Waals surface area contributed by atoms with Crippen LogP contribution in [0.25, 0.3) is 17.3 Å². The van der Waals surface area contributed by atoms with Crippen LogP contribution in [0.2, 0.25) is 0 Å². The number of amides is 1. The van der Waals surface area contributed by atoms with E-state index in [9.17, 15) is 14.9 Å². The number of carbonyl (C=O) groups is 1. The lowest BCUT2D eigenvalue weighted by molar-refractivity contribution is -0.384. The second-order valence-corrected chi connectivity index (χ2v) is 6.88. The number of rotatable bonds is 8. The van der Waals surface area contributed by atoms with E-state index < -0.39 is 4.92 Å². The maximum Gasteiger partial charge on any atom is 0.269 e. The van der Waals surface area contributed by atoms with Crippen molar-refractivity contribution in [1.82, 2.24) is 15.3 Å². The van der Waals surface area contributed by atoms with Crippen LogP contribution in [0.1, 0.15) is 17.0 Å². The van der Waals surface area contributed by atoms with Crippen LogP contribution in [0.4, 0.5) is 5.69 Å². The van der Waals surface area contributed by atoms with Crippen LogP contribution in [-0.4, -0.2) is 27.3 Å². The van der Waals surface area contributed by atoms with Gasteiger partial charge in [-0.1, -0.05) is 0 Å². The Kier molecular flexibility index (Phi) is 6.59. The number of thiazole rings is 1. The smallest absolute Gasteiger partial charge is 0.269 e. The monoisotopic (exact) mass is 394 g/mol. The van der Waals surface area contributed by atoms with E-state index in [-0.39, 0.29) is 11.6 Å². The van der Waals surface area contributed by atoms with Crippen LogP contribution in [0, 0.1) is 10.1 Å². The van der Waals surface area contributed by atoms with Gasteiger partial charge in [0.05, 0.1) is 15.6 Å². The predicted molar refractivity (Wildman–Crippen MR) is 109 cm³/mol. The molecule has 3 aromatic rings. The lowest BCUT2D eigenvalue weighted by Crippen LogP contribution is -2.22. The maximum absolute atomic E-state index is 11.9. The summed E-state index contributed by atoms with van der Waals surface area (Å²) in [5, 5.41) is 16.5. The zero-order chi connectivity index (χ0) is 19.8. The van der Waals surface area contributed by atoms with Gasteiger partial charge in [-0.15, -0.1) is 11.3 Å². The summed E-state index contributed by atoms with van der Waals surface area (Å²) in [4.78, 5) is 30.6. The molecule has 0 aliphatic carbocycles. The van der Waals surface area contributed by atoms with Gasteiger partial charge in [-0.2, -0.15) is 0 Å². The van der Waals surface area contributed by atoms with Gasteiger partial charge in [0.2, 0.25) is 5.91 Å². The largest absolute Gasteiger partial charge is 0.353 e. The zero-order valence-electron chi connectivity index (χ0n) is 14.9. The Morgan fingerprint density at radius 2 is 1.93 bits per heavy atom. The van der Waals surface area contributed by atoms with E-state index in [0.29, 0.717) is 6.54 Å². The molecular formula is C20H18N4O3S. The summed E-state index contributed by atoms with van der Waals surface area (Å²) in [6, 6.07) is 9.87. The summed E-state index contributed by atoms with van der Waals surface area (Å²) in [6.45, 7) is 0.549. The highest BCUT2D eigenvalue weighted by atomic mass is 32.1. The molecule has 8 heteroatoms. The van der Waals surface area contributed by atoms with E-state index in [1.807, 2.05) is 17.5 Å². The maximum atomic E-state index is 11.9. The average Bonchev–Trinajstić information content (AvgIpc) is 3.19. The molecule has 0 bridgehead atoms. The minimum atomic E-state index is -0.456. The van der Waals surface area contributed by atoms with Gasteiger partial charge in [0.15, 0.2) is 0 Å². The molecule has 0 saturated heterocycles. The van der Waals surface area contributed by atoms with Gasteiger partial charge < -0.3 is 5.32 Å². The van der Waals surface area contributed by atoms with Gasteiger partial charge in [0.1, 0.15) is 0 Å². The molecule has 0 aliphatic rings. The number of nitro groups is 1.